The molecule has 0 aromatic rings. The van der Waals surface area contributed by atoms with Crippen molar-refractivity contribution in [2.24, 2.45) is 50.2 Å². The van der Waals surface area contributed by atoms with Gasteiger partial charge in [0, 0.05) is 19.6 Å². The molecule has 6 rings (SSSR count). The first kappa shape index (κ1) is 31.1. The number of fused-ring (bicyclic) bond motifs is 7. The fraction of sp³-hybridized carbons (Fsp3) is 0.919. The Morgan fingerprint density at radius 2 is 1.67 bits per heavy atom. The van der Waals surface area contributed by atoms with Gasteiger partial charge >= 0.3 is 0 Å². The molecule has 4 saturated carbocycles. The number of rotatable bonds is 5. The van der Waals surface area contributed by atoms with E-state index >= 15 is 0 Å². The number of amides is 1. The van der Waals surface area contributed by atoms with E-state index in [0.29, 0.717) is 23.7 Å². The van der Waals surface area contributed by atoms with Crippen LogP contribution in [0, 0.1) is 50.2 Å². The largest absolute Gasteiger partial charge is 0.393 e. The summed E-state index contributed by atoms with van der Waals surface area (Å²) in [6, 6.07) is 0. The Bertz CT molecular complexity index is 1080. The van der Waals surface area contributed by atoms with Gasteiger partial charge in [0.2, 0.25) is 5.91 Å². The summed E-state index contributed by atoms with van der Waals surface area (Å²) in [5.41, 5.74) is 2.30. The van der Waals surface area contributed by atoms with Crippen LogP contribution in [0.25, 0.3) is 0 Å². The van der Waals surface area contributed by atoms with Crippen LogP contribution in [0.2, 0.25) is 0 Å². The predicted molar refractivity (Wildman–Crippen MR) is 170 cm³/mol. The minimum atomic E-state index is -0.249. The zero-order valence-corrected chi connectivity index (χ0v) is 28.1. The Labute approximate surface area is 257 Å². The van der Waals surface area contributed by atoms with Crippen molar-refractivity contribution in [3.05, 3.63) is 11.6 Å². The summed E-state index contributed by atoms with van der Waals surface area (Å²) in [5, 5.41) is 14.5. The maximum atomic E-state index is 14.3. The topological polar surface area (TPSA) is 61.8 Å². The molecular weight excluding hydrogens is 520 g/mol. The molecular formula is C37H62N2O3. The fourth-order valence-corrected chi connectivity index (χ4v) is 12.1. The van der Waals surface area contributed by atoms with Crippen molar-refractivity contribution >= 4 is 5.91 Å². The number of morpholine rings is 1. The molecule has 42 heavy (non-hydrogen) atoms. The van der Waals surface area contributed by atoms with Gasteiger partial charge in [-0.15, -0.1) is 0 Å². The highest BCUT2D eigenvalue weighted by atomic mass is 16.5. The van der Waals surface area contributed by atoms with Gasteiger partial charge in [-0.25, -0.2) is 0 Å². The SMILES string of the molecule is CC1(C)CC[C@]2(C(=O)NCCCN3CCOCC3)CC[C@]3(C)C(=CC[C@@H]4[C@@]5(C)CC[C@H](O)C(C)(C)[C@@H]5CC[C@]43C)[C@@H]2C1. The van der Waals surface area contributed by atoms with Gasteiger partial charge in [0.25, 0.3) is 0 Å². The van der Waals surface area contributed by atoms with Crippen LogP contribution >= 0.6 is 0 Å². The summed E-state index contributed by atoms with van der Waals surface area (Å²) >= 11 is 0. The first-order valence-electron chi connectivity index (χ1n) is 17.7. The predicted octanol–water partition coefficient (Wildman–Crippen LogP) is 6.99. The van der Waals surface area contributed by atoms with E-state index < -0.39 is 0 Å². The summed E-state index contributed by atoms with van der Waals surface area (Å²) in [6.45, 7) is 22.9. The number of carbonyl (C=O) groups is 1. The Balaban J connectivity index is 1.27. The molecule has 5 fully saturated rings. The third-order valence-corrected chi connectivity index (χ3v) is 15.1. The van der Waals surface area contributed by atoms with E-state index in [1.54, 1.807) is 5.57 Å². The number of nitrogens with one attached hydrogen (secondary N) is 1. The van der Waals surface area contributed by atoms with Gasteiger partial charge in [0.1, 0.15) is 0 Å². The average molecular weight is 583 g/mol. The molecule has 2 N–H and O–H groups in total. The highest BCUT2D eigenvalue weighted by Crippen LogP contribution is 2.75. The summed E-state index contributed by atoms with van der Waals surface area (Å²) < 4.78 is 5.51. The highest BCUT2D eigenvalue weighted by molar-refractivity contribution is 5.84. The third-order valence-electron chi connectivity index (χ3n) is 15.1. The monoisotopic (exact) mass is 582 g/mol. The van der Waals surface area contributed by atoms with Gasteiger partial charge in [-0.2, -0.15) is 0 Å². The van der Waals surface area contributed by atoms with Crippen molar-refractivity contribution in [3.63, 3.8) is 0 Å². The summed E-state index contributed by atoms with van der Waals surface area (Å²) in [4.78, 5) is 16.8. The molecule has 8 atom stereocenters. The molecule has 5 nitrogen and oxygen atoms in total. The van der Waals surface area contributed by atoms with Crippen molar-refractivity contribution in [2.75, 3.05) is 39.4 Å². The van der Waals surface area contributed by atoms with Crippen LogP contribution in [0.3, 0.4) is 0 Å². The molecule has 0 aromatic carbocycles. The molecule has 5 heteroatoms. The van der Waals surface area contributed by atoms with E-state index in [-0.39, 0.29) is 38.6 Å². The van der Waals surface area contributed by atoms with Crippen molar-refractivity contribution in [1.29, 1.82) is 0 Å². The maximum Gasteiger partial charge on any atom is 0.226 e. The van der Waals surface area contributed by atoms with Crippen LogP contribution in [0.15, 0.2) is 11.6 Å². The minimum Gasteiger partial charge on any atom is -0.393 e. The number of ether oxygens (including phenoxy) is 1. The lowest BCUT2D eigenvalue weighted by Crippen LogP contribution is -2.65. The second-order valence-corrected chi connectivity index (χ2v) is 17.8. The molecule has 238 valence electrons. The van der Waals surface area contributed by atoms with Gasteiger partial charge in [0.15, 0.2) is 0 Å². The normalized spacial score (nSPS) is 46.3. The van der Waals surface area contributed by atoms with Crippen LogP contribution in [-0.4, -0.2) is 61.4 Å². The molecule has 1 aliphatic heterocycles. The van der Waals surface area contributed by atoms with Gasteiger partial charge in [-0.3, -0.25) is 9.69 Å². The van der Waals surface area contributed by atoms with E-state index in [1.165, 1.54) is 12.8 Å². The fourth-order valence-electron chi connectivity index (χ4n) is 12.1. The zero-order chi connectivity index (χ0) is 30.2. The Morgan fingerprint density at radius 3 is 2.40 bits per heavy atom. The highest BCUT2D eigenvalue weighted by Gasteiger charge is 2.69. The standard InChI is InChI=1S/C37H62N2O3/c1-32(2)15-17-37(31(41)38-19-8-20-39-21-23-42-24-22-39)18-16-35(6)26(27(37)25-32)9-10-29-34(5)13-12-30(40)33(3,4)28(34)11-14-36(29,35)7/h9,27-30,40H,8,10-25H2,1-7H3,(H,38,41)/t27-,28-,29+,30-,34-,35+,36+,37-/m0/s1. The summed E-state index contributed by atoms with van der Waals surface area (Å²) in [6.07, 6.45) is 14.7. The quantitative estimate of drug-likeness (QED) is 0.271. The van der Waals surface area contributed by atoms with Crippen LogP contribution in [-0.2, 0) is 9.53 Å². The van der Waals surface area contributed by atoms with Gasteiger partial charge in [-0.05, 0) is 122 Å². The number of hydrogen-bond acceptors (Lipinski definition) is 4. The van der Waals surface area contributed by atoms with Gasteiger partial charge < -0.3 is 15.2 Å². The first-order valence-corrected chi connectivity index (χ1v) is 17.7. The Kier molecular flexibility index (Phi) is 7.83. The average Bonchev–Trinajstić information content (AvgIpc) is 2.94. The molecule has 0 spiro atoms. The van der Waals surface area contributed by atoms with E-state index in [9.17, 15) is 9.90 Å². The number of hydrogen-bond donors (Lipinski definition) is 2. The van der Waals surface area contributed by atoms with Crippen molar-refractivity contribution in [3.8, 4) is 0 Å². The molecule has 1 heterocycles. The van der Waals surface area contributed by atoms with Gasteiger partial charge in [-0.1, -0.05) is 60.1 Å². The maximum absolute atomic E-state index is 14.3. The van der Waals surface area contributed by atoms with E-state index in [4.69, 9.17) is 4.74 Å². The van der Waals surface area contributed by atoms with Crippen LogP contribution in [0.1, 0.15) is 119 Å². The van der Waals surface area contributed by atoms with Crippen LogP contribution < -0.4 is 5.32 Å². The molecule has 5 aliphatic carbocycles. The molecule has 0 radical (unpaired) electrons. The summed E-state index contributed by atoms with van der Waals surface area (Å²) in [7, 11) is 0. The van der Waals surface area contributed by atoms with E-state index in [0.717, 1.165) is 97.2 Å². The zero-order valence-electron chi connectivity index (χ0n) is 28.1. The van der Waals surface area contributed by atoms with Crippen LogP contribution in [0.5, 0.6) is 0 Å². The Morgan fingerprint density at radius 1 is 0.952 bits per heavy atom. The number of allylic oxidation sites excluding steroid dienone is 2. The van der Waals surface area contributed by atoms with Gasteiger partial charge in [0.05, 0.1) is 24.7 Å². The van der Waals surface area contributed by atoms with Crippen molar-refractivity contribution < 1.29 is 14.6 Å². The minimum absolute atomic E-state index is 0.0196. The molecule has 1 saturated heterocycles. The van der Waals surface area contributed by atoms with E-state index in [2.05, 4.69) is 64.8 Å². The molecule has 0 aromatic heterocycles. The molecule has 0 bridgehead atoms. The van der Waals surface area contributed by atoms with Crippen molar-refractivity contribution in [1.82, 2.24) is 10.2 Å². The second-order valence-electron chi connectivity index (χ2n) is 17.8. The van der Waals surface area contributed by atoms with E-state index in [1.807, 2.05) is 0 Å². The lowest BCUT2D eigenvalue weighted by Gasteiger charge is -2.71. The third kappa shape index (κ3) is 4.60. The van der Waals surface area contributed by atoms with Crippen LogP contribution in [0.4, 0.5) is 0 Å². The second kappa shape index (κ2) is 10.6. The number of aliphatic hydroxyl groups excluding tert-OH is 1. The Hall–Kier alpha value is -0.910. The molecule has 0 unspecified atom stereocenters. The molecule has 6 aliphatic rings. The number of aliphatic hydroxyl groups is 1. The lowest BCUT2D eigenvalue weighted by molar-refractivity contribution is -0.203. The molecule has 1 amide bonds. The van der Waals surface area contributed by atoms with Crippen molar-refractivity contribution in [2.45, 2.75) is 125 Å². The first-order chi connectivity index (χ1) is 19.7. The number of carbonyl (C=O) groups excluding carboxylic acids is 1. The smallest absolute Gasteiger partial charge is 0.226 e. The number of nitrogens with zero attached hydrogens (tertiary/aromatic N) is 1. The lowest BCUT2D eigenvalue weighted by atomic mass is 9.33. The summed E-state index contributed by atoms with van der Waals surface area (Å²) in [5.74, 6) is 1.92.